The van der Waals surface area contributed by atoms with Crippen molar-refractivity contribution in [2.24, 2.45) is 5.92 Å². The van der Waals surface area contributed by atoms with Gasteiger partial charge in [0.1, 0.15) is 12.2 Å². The number of anilines is 3. The maximum absolute atomic E-state index is 12.7. The van der Waals surface area contributed by atoms with Crippen molar-refractivity contribution in [3.05, 3.63) is 36.2 Å². The van der Waals surface area contributed by atoms with Gasteiger partial charge < -0.3 is 30.7 Å². The second kappa shape index (κ2) is 12.1. The maximum atomic E-state index is 12.7. The topological polar surface area (TPSA) is 174 Å². The lowest BCUT2D eigenvalue weighted by atomic mass is 10.1. The summed E-state index contributed by atoms with van der Waals surface area (Å²) in [6.45, 7) is -2.14. The van der Waals surface area contributed by atoms with Crippen LogP contribution >= 0.6 is 0 Å². The van der Waals surface area contributed by atoms with Gasteiger partial charge in [-0.15, -0.1) is 10.2 Å². The minimum absolute atomic E-state index is 0.0691. The van der Waals surface area contributed by atoms with Crippen molar-refractivity contribution in [2.45, 2.75) is 19.4 Å². The Balaban J connectivity index is 1.62. The third kappa shape index (κ3) is 6.39. The molecule has 1 aliphatic carbocycles. The fourth-order valence-corrected chi connectivity index (χ4v) is 3.52. The highest BCUT2D eigenvalue weighted by Gasteiger charge is 2.30. The number of nitrogens with one attached hydrogen (secondary N) is 4. The smallest absolute Gasteiger partial charge is 0.273 e. The highest BCUT2D eigenvalue weighted by atomic mass is 16.5. The van der Waals surface area contributed by atoms with Crippen molar-refractivity contribution < 1.29 is 28.0 Å². The van der Waals surface area contributed by atoms with Gasteiger partial charge in [0, 0.05) is 42.3 Å². The fourth-order valence-electron chi connectivity index (χ4n) is 3.52. The normalized spacial score (nSPS) is 14.0. The number of hydrogen-bond acceptors (Lipinski definition) is 10. The zero-order chi connectivity index (χ0) is 29.6. The number of ether oxygens (including phenoxy) is 2. The predicted molar refractivity (Wildman–Crippen MR) is 137 cm³/mol. The SMILES string of the molecule is [2H]C([2H])([2H])NC(=O)c1nnc(NC(=O)C2CC2)cc1Nc1cccc(-c2cnn(CC(=O)NCCOC)n2)c1OC. The second-order valence-corrected chi connectivity index (χ2v) is 8.32. The predicted octanol–water partition coefficient (Wildman–Crippen LogP) is 0.958. The van der Waals surface area contributed by atoms with Crippen LogP contribution in [-0.2, 0) is 20.9 Å². The van der Waals surface area contributed by atoms with E-state index in [1.807, 2.05) is 5.32 Å². The third-order valence-corrected chi connectivity index (χ3v) is 5.54. The van der Waals surface area contributed by atoms with Gasteiger partial charge >= 0.3 is 0 Å². The van der Waals surface area contributed by atoms with Crippen LogP contribution in [0, 0.1) is 5.92 Å². The summed E-state index contributed by atoms with van der Waals surface area (Å²) < 4.78 is 32.7. The lowest BCUT2D eigenvalue weighted by Gasteiger charge is -2.16. The van der Waals surface area contributed by atoms with Crippen LogP contribution in [0.3, 0.4) is 0 Å². The highest BCUT2D eigenvalue weighted by molar-refractivity contribution is 6.00. The quantitative estimate of drug-likeness (QED) is 0.249. The van der Waals surface area contributed by atoms with E-state index in [-0.39, 0.29) is 41.5 Å². The summed E-state index contributed by atoms with van der Waals surface area (Å²) in [5.74, 6) is -1.22. The molecule has 2 heterocycles. The Morgan fingerprint density at radius 1 is 1.18 bits per heavy atom. The summed E-state index contributed by atoms with van der Waals surface area (Å²) in [6, 6.07) is 6.46. The lowest BCUT2D eigenvalue weighted by molar-refractivity contribution is -0.122. The molecule has 1 aliphatic rings. The molecule has 38 heavy (non-hydrogen) atoms. The molecule has 0 aliphatic heterocycles. The Labute approximate surface area is 222 Å². The molecule has 4 N–H and O–H groups in total. The number of nitrogens with zero attached hydrogens (tertiary/aromatic N) is 5. The van der Waals surface area contributed by atoms with E-state index in [1.54, 1.807) is 18.2 Å². The zero-order valence-corrected chi connectivity index (χ0v) is 20.8. The standard InChI is InChI=1S/C24H29N9O5/c1-25-24(36)21-17(11-19(30-31-21)29-23(35)14-7-8-14)28-16-6-4-5-15(22(16)38-3)18-12-27-33(32-18)13-20(34)26-9-10-37-2/h4-6,11-12,14H,7-10,13H2,1-3H3,(H,25,36)(H,26,34)(H2,28,29,30,35)/i1D3. The van der Waals surface area contributed by atoms with Crippen molar-refractivity contribution in [1.29, 1.82) is 0 Å². The van der Waals surface area contributed by atoms with Gasteiger partial charge in [0.25, 0.3) is 5.91 Å². The largest absolute Gasteiger partial charge is 0.494 e. The van der Waals surface area contributed by atoms with Crippen LogP contribution in [0.4, 0.5) is 17.2 Å². The maximum Gasteiger partial charge on any atom is 0.273 e. The molecule has 0 radical (unpaired) electrons. The van der Waals surface area contributed by atoms with E-state index in [2.05, 4.69) is 36.3 Å². The van der Waals surface area contributed by atoms with Gasteiger partial charge in [-0.1, -0.05) is 6.07 Å². The second-order valence-electron chi connectivity index (χ2n) is 8.32. The molecule has 0 spiro atoms. The molecular formula is C24H29N9O5. The first kappa shape index (κ1) is 22.6. The summed E-state index contributed by atoms with van der Waals surface area (Å²) >= 11 is 0. The molecule has 4 rings (SSSR count). The monoisotopic (exact) mass is 526 g/mol. The van der Waals surface area contributed by atoms with Crippen LogP contribution in [0.2, 0.25) is 0 Å². The number of methoxy groups -OCH3 is 2. The molecule has 14 heteroatoms. The molecule has 1 fully saturated rings. The van der Waals surface area contributed by atoms with E-state index in [0.29, 0.717) is 35.8 Å². The van der Waals surface area contributed by atoms with Gasteiger partial charge in [0.05, 0.1) is 31.3 Å². The Morgan fingerprint density at radius 2 is 2.03 bits per heavy atom. The van der Waals surface area contributed by atoms with Crippen LogP contribution in [-0.4, -0.2) is 77.3 Å². The summed E-state index contributed by atoms with van der Waals surface area (Å²) in [5.41, 5.74) is 1.04. The minimum atomic E-state index is -2.76. The number of amides is 3. The first-order chi connectivity index (χ1) is 19.6. The highest BCUT2D eigenvalue weighted by Crippen LogP contribution is 2.37. The lowest BCUT2D eigenvalue weighted by Crippen LogP contribution is -2.31. The average molecular weight is 527 g/mol. The Bertz CT molecular complexity index is 1430. The van der Waals surface area contributed by atoms with Gasteiger partial charge in [-0.3, -0.25) is 14.4 Å². The van der Waals surface area contributed by atoms with Crippen LogP contribution in [0.25, 0.3) is 11.3 Å². The first-order valence-electron chi connectivity index (χ1n) is 13.2. The zero-order valence-electron chi connectivity index (χ0n) is 23.8. The van der Waals surface area contributed by atoms with E-state index < -0.39 is 12.9 Å². The molecule has 0 saturated heterocycles. The van der Waals surface area contributed by atoms with Crippen molar-refractivity contribution in [2.75, 3.05) is 45.0 Å². The molecule has 3 amide bonds. The van der Waals surface area contributed by atoms with Crippen molar-refractivity contribution in [3.8, 4) is 17.0 Å². The van der Waals surface area contributed by atoms with E-state index in [9.17, 15) is 14.4 Å². The number of hydrogen-bond donors (Lipinski definition) is 4. The van der Waals surface area contributed by atoms with Crippen molar-refractivity contribution >= 4 is 34.9 Å². The van der Waals surface area contributed by atoms with Crippen molar-refractivity contribution in [1.82, 2.24) is 35.8 Å². The fraction of sp³-hybridized carbons (Fsp3) is 0.375. The van der Waals surface area contributed by atoms with Crippen LogP contribution in [0.15, 0.2) is 30.5 Å². The molecule has 0 bridgehead atoms. The molecule has 2 aromatic heterocycles. The molecule has 14 nitrogen and oxygen atoms in total. The third-order valence-electron chi connectivity index (χ3n) is 5.54. The number of rotatable bonds is 12. The summed E-state index contributed by atoms with van der Waals surface area (Å²) in [4.78, 5) is 38.4. The van der Waals surface area contributed by atoms with Crippen LogP contribution in [0.5, 0.6) is 5.75 Å². The van der Waals surface area contributed by atoms with Crippen LogP contribution < -0.4 is 26.0 Å². The van der Waals surface area contributed by atoms with Crippen LogP contribution in [0.1, 0.15) is 27.4 Å². The number of aromatic nitrogens is 5. The van der Waals surface area contributed by atoms with E-state index >= 15 is 0 Å². The Hall–Kier alpha value is -4.59. The molecule has 0 atom stereocenters. The van der Waals surface area contributed by atoms with Gasteiger partial charge in [-0.05, 0) is 25.0 Å². The summed E-state index contributed by atoms with van der Waals surface area (Å²) in [6.07, 6.45) is 3.02. The molecule has 1 aromatic carbocycles. The van der Waals surface area contributed by atoms with E-state index in [0.717, 1.165) is 12.8 Å². The number of para-hydroxylation sites is 1. The molecule has 200 valence electrons. The Kier molecular flexibility index (Phi) is 7.19. The summed E-state index contributed by atoms with van der Waals surface area (Å²) in [5, 5.41) is 26.6. The van der Waals surface area contributed by atoms with Gasteiger partial charge in [0.2, 0.25) is 11.8 Å². The molecule has 1 saturated carbocycles. The summed E-state index contributed by atoms with van der Waals surface area (Å²) in [7, 11) is 2.97. The van der Waals surface area contributed by atoms with E-state index in [1.165, 1.54) is 31.3 Å². The number of benzene rings is 1. The number of carbonyl (C=O) groups excluding carboxylic acids is 3. The molecular weight excluding hydrogens is 494 g/mol. The van der Waals surface area contributed by atoms with Crippen molar-refractivity contribution in [3.63, 3.8) is 0 Å². The minimum Gasteiger partial charge on any atom is -0.494 e. The number of carbonyl (C=O) groups is 3. The first-order valence-corrected chi connectivity index (χ1v) is 11.7. The molecule has 3 aromatic rings. The Morgan fingerprint density at radius 3 is 2.76 bits per heavy atom. The average Bonchev–Trinajstić information content (AvgIpc) is 3.67. The van der Waals surface area contributed by atoms with Gasteiger partial charge in [0.15, 0.2) is 17.3 Å². The van der Waals surface area contributed by atoms with Gasteiger partial charge in [-0.25, -0.2) is 0 Å². The molecule has 0 unspecified atom stereocenters. The van der Waals surface area contributed by atoms with E-state index in [4.69, 9.17) is 13.6 Å². The van der Waals surface area contributed by atoms with Gasteiger partial charge in [-0.2, -0.15) is 15.0 Å².